The molecule has 0 N–H and O–H groups in total. The van der Waals surface area contributed by atoms with Crippen LogP contribution in [-0.4, -0.2) is 44.1 Å². The summed E-state index contributed by atoms with van der Waals surface area (Å²) in [6.45, 7) is 1.13. The normalized spacial score (nSPS) is 19.9. The summed E-state index contributed by atoms with van der Waals surface area (Å²) in [6, 6.07) is 10.4. The van der Waals surface area contributed by atoms with Crippen molar-refractivity contribution in [2.24, 2.45) is 5.16 Å². The summed E-state index contributed by atoms with van der Waals surface area (Å²) >= 11 is 25.2. The molecule has 192 valence electrons. The zero-order valence-electron chi connectivity index (χ0n) is 19.3. The van der Waals surface area contributed by atoms with Crippen LogP contribution >= 0.6 is 46.4 Å². The summed E-state index contributed by atoms with van der Waals surface area (Å²) in [5, 5.41) is 6.35. The Kier molecular flexibility index (Phi) is 8.04. The Morgan fingerprint density at radius 3 is 2.35 bits per heavy atom. The molecule has 2 aromatic heterocycles. The van der Waals surface area contributed by atoms with Gasteiger partial charge in [0.15, 0.2) is 0 Å². The van der Waals surface area contributed by atoms with E-state index in [0.717, 1.165) is 0 Å². The molecule has 12 heteroatoms. The first-order valence-corrected chi connectivity index (χ1v) is 12.8. The molecule has 0 aliphatic carbocycles. The summed E-state index contributed by atoms with van der Waals surface area (Å²) < 4.78 is 16.3. The van der Waals surface area contributed by atoms with Gasteiger partial charge < -0.3 is 23.4 Å². The van der Waals surface area contributed by atoms with Gasteiger partial charge in [-0.15, -0.1) is 0 Å². The van der Waals surface area contributed by atoms with E-state index in [-0.39, 0.29) is 13.2 Å². The van der Waals surface area contributed by atoms with E-state index in [1.165, 1.54) is 0 Å². The van der Waals surface area contributed by atoms with E-state index in [2.05, 4.69) is 15.1 Å². The molecule has 0 bridgehead atoms. The molecule has 1 aliphatic heterocycles. The van der Waals surface area contributed by atoms with E-state index in [1.807, 2.05) is 21.5 Å². The van der Waals surface area contributed by atoms with Crippen molar-refractivity contribution in [1.82, 2.24) is 19.1 Å². The average molecular weight is 581 g/mol. The predicted octanol–water partition coefficient (Wildman–Crippen LogP) is 6.08. The second kappa shape index (κ2) is 11.4. The number of hydrogen-bond donors (Lipinski definition) is 0. The zero-order chi connectivity index (χ0) is 25.8. The molecular weight excluding hydrogens is 560 g/mol. The van der Waals surface area contributed by atoms with Gasteiger partial charge in [-0.3, -0.25) is 0 Å². The number of ether oxygens (including phenoxy) is 2. The predicted molar refractivity (Wildman–Crippen MR) is 142 cm³/mol. The number of aromatic nitrogens is 4. The van der Waals surface area contributed by atoms with Gasteiger partial charge >= 0.3 is 0 Å². The van der Waals surface area contributed by atoms with Crippen LogP contribution < -0.4 is 0 Å². The number of hydrogen-bond acceptors (Lipinski definition) is 6. The van der Waals surface area contributed by atoms with Crippen LogP contribution in [0.1, 0.15) is 11.1 Å². The van der Waals surface area contributed by atoms with Crippen LogP contribution in [0.25, 0.3) is 0 Å². The summed E-state index contributed by atoms with van der Waals surface area (Å²) in [5.41, 5.74) is 1.96. The fourth-order valence-corrected chi connectivity index (χ4v) is 5.08. The highest BCUT2D eigenvalue weighted by molar-refractivity contribution is 6.37. The van der Waals surface area contributed by atoms with Crippen LogP contribution in [-0.2, 0) is 33.2 Å². The maximum atomic E-state index is 6.54. The molecule has 0 amide bonds. The van der Waals surface area contributed by atoms with Crippen molar-refractivity contribution in [2.75, 3.05) is 13.2 Å². The molecule has 0 saturated carbocycles. The Hall–Kier alpha value is -2.59. The summed E-state index contributed by atoms with van der Waals surface area (Å²) in [5.74, 6) is -1.15. The fourth-order valence-electron chi connectivity index (χ4n) is 4.01. The van der Waals surface area contributed by atoms with Crippen LogP contribution in [0.5, 0.6) is 0 Å². The summed E-state index contributed by atoms with van der Waals surface area (Å²) in [4.78, 5) is 14.0. The third-order valence-corrected chi connectivity index (χ3v) is 6.82. The van der Waals surface area contributed by atoms with Crippen molar-refractivity contribution in [1.29, 1.82) is 0 Å². The van der Waals surface area contributed by atoms with Crippen molar-refractivity contribution in [3.8, 4) is 0 Å². The van der Waals surface area contributed by atoms with Crippen LogP contribution in [0.2, 0.25) is 20.1 Å². The largest absolute Gasteiger partial charge is 0.393 e. The quantitative estimate of drug-likeness (QED) is 0.177. The first kappa shape index (κ1) is 26.0. The maximum Gasteiger partial charge on any atom is 0.215 e. The first-order chi connectivity index (χ1) is 17.9. The molecule has 1 aliphatic rings. The minimum atomic E-state index is -1.15. The van der Waals surface area contributed by atoms with Gasteiger partial charge in [0.25, 0.3) is 0 Å². The smallest absolute Gasteiger partial charge is 0.215 e. The fraction of sp³-hybridized carbons (Fsp3) is 0.240. The zero-order valence-corrected chi connectivity index (χ0v) is 22.3. The summed E-state index contributed by atoms with van der Waals surface area (Å²) in [7, 11) is 0. The van der Waals surface area contributed by atoms with E-state index < -0.39 is 11.9 Å². The summed E-state index contributed by atoms with van der Waals surface area (Å²) in [6.07, 6.45) is 9.98. The van der Waals surface area contributed by atoms with Crippen molar-refractivity contribution in [3.63, 3.8) is 0 Å². The highest BCUT2D eigenvalue weighted by Gasteiger charge is 2.45. The van der Waals surface area contributed by atoms with E-state index >= 15 is 0 Å². The van der Waals surface area contributed by atoms with Gasteiger partial charge in [0.05, 0.1) is 42.4 Å². The highest BCUT2D eigenvalue weighted by atomic mass is 35.5. The van der Waals surface area contributed by atoms with Crippen LogP contribution in [0.15, 0.2) is 79.0 Å². The second-order valence-electron chi connectivity index (χ2n) is 8.36. The van der Waals surface area contributed by atoms with E-state index in [0.29, 0.717) is 50.0 Å². The number of imidazole rings is 2. The Labute approximate surface area is 233 Å². The van der Waals surface area contributed by atoms with Gasteiger partial charge in [-0.25, -0.2) is 9.97 Å². The molecular formula is C25H21Cl4N5O3. The molecule has 37 heavy (non-hydrogen) atoms. The first-order valence-electron chi connectivity index (χ1n) is 11.2. The molecule has 4 aromatic rings. The molecule has 1 fully saturated rings. The lowest BCUT2D eigenvalue weighted by atomic mass is 10.1. The van der Waals surface area contributed by atoms with Crippen LogP contribution in [0.3, 0.4) is 0 Å². The van der Waals surface area contributed by atoms with Crippen LogP contribution in [0.4, 0.5) is 0 Å². The molecule has 2 atom stereocenters. The number of nitrogens with zero attached hydrogens (tertiary/aromatic N) is 5. The second-order valence-corrected chi connectivity index (χ2v) is 10.0. The Balaban J connectivity index is 1.35. The van der Waals surface area contributed by atoms with E-state index in [9.17, 15) is 0 Å². The van der Waals surface area contributed by atoms with Crippen LogP contribution in [0, 0.1) is 0 Å². The van der Waals surface area contributed by atoms with E-state index in [4.69, 9.17) is 60.7 Å². The minimum absolute atomic E-state index is 0.134. The van der Waals surface area contributed by atoms with Gasteiger partial charge in [0, 0.05) is 46.0 Å². The molecule has 3 heterocycles. The molecule has 5 rings (SSSR count). The van der Waals surface area contributed by atoms with E-state index in [1.54, 1.807) is 61.4 Å². The Bertz CT molecular complexity index is 1380. The number of halogens is 4. The van der Waals surface area contributed by atoms with Gasteiger partial charge in [0.1, 0.15) is 18.4 Å². The number of benzene rings is 2. The van der Waals surface area contributed by atoms with Crippen molar-refractivity contribution >= 4 is 52.1 Å². The molecule has 0 spiro atoms. The van der Waals surface area contributed by atoms with Gasteiger partial charge in [-0.05, 0) is 30.3 Å². The standard InChI is InChI=1S/C25H21Cl4N5O3/c26-17-1-3-20(22(28)9-17)24(11-33-7-5-30-15-33)32-36-13-19-12-35-25(37-19,14-34-8-6-31-16-34)21-4-2-18(27)10-23(21)29/h1-10,15-16,19H,11-14H2/b32-24-. The third kappa shape index (κ3) is 6.12. The lowest BCUT2D eigenvalue weighted by Gasteiger charge is -2.29. The topological polar surface area (TPSA) is 75.7 Å². The molecule has 8 nitrogen and oxygen atoms in total. The van der Waals surface area contributed by atoms with Gasteiger partial charge in [0.2, 0.25) is 5.79 Å². The van der Waals surface area contributed by atoms with Gasteiger partial charge in [-0.2, -0.15) is 0 Å². The lowest BCUT2D eigenvalue weighted by Crippen LogP contribution is -2.34. The van der Waals surface area contributed by atoms with Crippen molar-refractivity contribution < 1.29 is 14.3 Å². The Morgan fingerprint density at radius 1 is 0.973 bits per heavy atom. The third-order valence-electron chi connectivity index (χ3n) is 5.72. The average Bonchev–Trinajstić information content (AvgIpc) is 3.63. The maximum absolute atomic E-state index is 6.54. The molecule has 2 unspecified atom stereocenters. The minimum Gasteiger partial charge on any atom is -0.393 e. The SMILES string of the molecule is Clc1ccc(/C(Cn2ccnc2)=N\OCC2COC(Cn3ccnc3)(c3ccc(Cl)cc3Cl)O2)c(Cl)c1. The molecule has 1 saturated heterocycles. The molecule has 0 radical (unpaired) electrons. The molecule has 2 aromatic carbocycles. The highest BCUT2D eigenvalue weighted by Crippen LogP contribution is 2.40. The monoisotopic (exact) mass is 579 g/mol. The number of oxime groups is 1. The van der Waals surface area contributed by atoms with Gasteiger partial charge in [-0.1, -0.05) is 57.6 Å². The Morgan fingerprint density at radius 2 is 1.68 bits per heavy atom. The van der Waals surface area contributed by atoms with Crippen molar-refractivity contribution in [2.45, 2.75) is 25.0 Å². The van der Waals surface area contributed by atoms with Crippen molar-refractivity contribution in [3.05, 3.63) is 105 Å². The lowest BCUT2D eigenvalue weighted by molar-refractivity contribution is -0.191. The number of rotatable bonds is 9.